The van der Waals surface area contributed by atoms with Gasteiger partial charge >= 0.3 is 23.9 Å². The second-order valence-electron chi connectivity index (χ2n) is 6.92. The first-order valence-corrected chi connectivity index (χ1v) is 10.6. The molecule has 0 bridgehead atoms. The summed E-state index contributed by atoms with van der Waals surface area (Å²) < 4.78 is 0. The number of hydrogen-bond acceptors (Lipinski definition) is 7. The first-order valence-electron chi connectivity index (χ1n) is 10.2. The molecule has 11 nitrogen and oxygen atoms in total. The van der Waals surface area contributed by atoms with E-state index >= 15 is 0 Å². The Hall–Kier alpha value is -3.25. The second-order valence-corrected chi connectivity index (χ2v) is 7.33. The summed E-state index contributed by atoms with van der Waals surface area (Å²) in [6.07, 6.45) is 4.94. The van der Waals surface area contributed by atoms with Gasteiger partial charge in [-0.05, 0) is 37.6 Å². The van der Waals surface area contributed by atoms with Crippen molar-refractivity contribution >= 4 is 35.5 Å². The average molecular weight is 500 g/mol. The summed E-state index contributed by atoms with van der Waals surface area (Å²) in [6, 6.07) is 8.00. The second kappa shape index (κ2) is 18.2. The molecule has 5 N–H and O–H groups in total. The first kappa shape index (κ1) is 30.8. The Morgan fingerprint density at radius 2 is 1.35 bits per heavy atom. The smallest absolute Gasteiger partial charge is 0.328 e. The van der Waals surface area contributed by atoms with Crippen LogP contribution in [0.1, 0.15) is 18.4 Å². The van der Waals surface area contributed by atoms with Crippen molar-refractivity contribution in [1.82, 2.24) is 15.3 Å². The Balaban J connectivity index is 0.000000570. The predicted molar refractivity (Wildman–Crippen MR) is 125 cm³/mol. The highest BCUT2D eigenvalue weighted by Gasteiger charge is 2.10. The van der Waals surface area contributed by atoms with Crippen LogP contribution in [0.4, 0.5) is 0 Å². The van der Waals surface area contributed by atoms with Gasteiger partial charge in [-0.15, -0.1) is 0 Å². The molecule has 12 heteroatoms. The first-order chi connectivity index (χ1) is 16.0. The molecule has 1 aliphatic rings. The number of nitrogens with zero attached hydrogens (tertiary/aromatic N) is 2. The van der Waals surface area contributed by atoms with Gasteiger partial charge < -0.3 is 25.3 Å². The van der Waals surface area contributed by atoms with Crippen molar-refractivity contribution in [2.24, 2.45) is 0 Å². The molecule has 188 valence electrons. The van der Waals surface area contributed by atoms with E-state index < -0.39 is 23.9 Å². The lowest BCUT2D eigenvalue weighted by Gasteiger charge is -2.21. The number of carboxylic acid groups (broad SMARTS) is 4. The van der Waals surface area contributed by atoms with Gasteiger partial charge in [0.2, 0.25) is 0 Å². The minimum absolute atomic E-state index is 0.558. The van der Waals surface area contributed by atoms with Gasteiger partial charge in [-0.1, -0.05) is 29.8 Å². The Kier molecular flexibility index (Phi) is 16.5. The molecule has 0 saturated carbocycles. The van der Waals surface area contributed by atoms with Crippen LogP contribution in [0.25, 0.3) is 0 Å². The molecule has 1 aliphatic heterocycles. The predicted octanol–water partition coefficient (Wildman–Crippen LogP) is 1.80. The van der Waals surface area contributed by atoms with Crippen LogP contribution < -0.4 is 5.43 Å². The highest BCUT2D eigenvalue weighted by Crippen LogP contribution is 2.15. The fraction of sp³-hybridized carbons (Fsp3) is 0.364. The molecule has 1 fully saturated rings. The van der Waals surface area contributed by atoms with E-state index in [0.29, 0.717) is 24.3 Å². The highest BCUT2D eigenvalue weighted by atomic mass is 35.5. The quantitative estimate of drug-likeness (QED) is 0.235. The van der Waals surface area contributed by atoms with E-state index in [9.17, 15) is 19.2 Å². The van der Waals surface area contributed by atoms with Crippen molar-refractivity contribution < 1.29 is 39.6 Å². The number of carboxylic acids is 4. The number of aliphatic carboxylic acids is 4. The van der Waals surface area contributed by atoms with Crippen molar-refractivity contribution in [3.8, 4) is 0 Å². The van der Waals surface area contributed by atoms with Crippen LogP contribution in [-0.2, 0) is 25.7 Å². The SMILES string of the molecule is CN(Cc1ccccc1Cl)NCCN1CCCC1.O=C(O)/C=C/C(=O)O.O=C(O)/C=C/C(=O)O. The minimum Gasteiger partial charge on any atom is -0.478 e. The van der Waals surface area contributed by atoms with E-state index in [1.165, 1.54) is 25.9 Å². The maximum Gasteiger partial charge on any atom is 0.328 e. The van der Waals surface area contributed by atoms with Crippen molar-refractivity contribution in [1.29, 1.82) is 0 Å². The van der Waals surface area contributed by atoms with Gasteiger partial charge in [0.1, 0.15) is 0 Å². The number of halogens is 1. The van der Waals surface area contributed by atoms with Crippen LogP contribution in [0.2, 0.25) is 5.02 Å². The van der Waals surface area contributed by atoms with Crippen molar-refractivity contribution in [2.75, 3.05) is 33.2 Å². The molecule has 0 aliphatic carbocycles. The zero-order valence-corrected chi connectivity index (χ0v) is 19.5. The standard InChI is InChI=1S/C14H22ClN3.2C4H4O4/c1-17(12-13-6-2-3-7-14(13)15)16-8-11-18-9-4-5-10-18;2*5-3(6)1-2-4(7)8/h2-3,6-7,16H,4-5,8-12H2,1H3;2*1-2H,(H,5,6)(H,7,8)/b;2*2-1+. The molecule has 2 rings (SSSR count). The third-order valence-electron chi connectivity index (χ3n) is 4.11. The van der Waals surface area contributed by atoms with E-state index in [1.807, 2.05) is 18.2 Å². The summed E-state index contributed by atoms with van der Waals surface area (Å²) in [6.45, 7) is 5.49. The van der Waals surface area contributed by atoms with E-state index in [0.717, 1.165) is 30.2 Å². The topological polar surface area (TPSA) is 168 Å². The monoisotopic (exact) mass is 499 g/mol. The maximum absolute atomic E-state index is 9.55. The fourth-order valence-electron chi connectivity index (χ4n) is 2.63. The molecule has 1 aromatic rings. The summed E-state index contributed by atoms with van der Waals surface area (Å²) in [5.41, 5.74) is 4.58. The van der Waals surface area contributed by atoms with Crippen LogP contribution in [0.15, 0.2) is 48.6 Å². The van der Waals surface area contributed by atoms with Crippen LogP contribution >= 0.6 is 11.6 Å². The number of hydrazine groups is 1. The molecule has 0 aromatic heterocycles. The van der Waals surface area contributed by atoms with Gasteiger partial charge in [0.15, 0.2) is 0 Å². The van der Waals surface area contributed by atoms with Crippen molar-refractivity contribution in [3.63, 3.8) is 0 Å². The summed E-state index contributed by atoms with van der Waals surface area (Å²) in [4.78, 5) is 40.7. The summed E-state index contributed by atoms with van der Waals surface area (Å²) in [5.74, 6) is -5.03. The largest absolute Gasteiger partial charge is 0.478 e. The third-order valence-corrected chi connectivity index (χ3v) is 4.48. The summed E-state index contributed by atoms with van der Waals surface area (Å²) >= 11 is 6.14. The molecule has 0 spiro atoms. The zero-order valence-electron chi connectivity index (χ0n) is 18.8. The number of hydrogen-bond donors (Lipinski definition) is 5. The van der Waals surface area contributed by atoms with E-state index in [4.69, 9.17) is 32.0 Å². The molecule has 1 heterocycles. The molecule has 1 saturated heterocycles. The maximum atomic E-state index is 9.55. The Labute approximate surface area is 202 Å². The lowest BCUT2D eigenvalue weighted by molar-refractivity contribution is -0.134. The lowest BCUT2D eigenvalue weighted by Crippen LogP contribution is -2.39. The molecule has 0 atom stereocenters. The van der Waals surface area contributed by atoms with Crippen LogP contribution in [-0.4, -0.2) is 87.4 Å². The molecule has 0 unspecified atom stereocenters. The van der Waals surface area contributed by atoms with Crippen LogP contribution in [0.5, 0.6) is 0 Å². The van der Waals surface area contributed by atoms with Crippen molar-refractivity contribution in [2.45, 2.75) is 19.4 Å². The minimum atomic E-state index is -1.26. The number of nitrogens with one attached hydrogen (secondary N) is 1. The van der Waals surface area contributed by atoms with Crippen LogP contribution in [0, 0.1) is 0 Å². The van der Waals surface area contributed by atoms with E-state index in [-0.39, 0.29) is 0 Å². The third kappa shape index (κ3) is 18.3. The number of benzene rings is 1. The van der Waals surface area contributed by atoms with Gasteiger partial charge in [-0.3, -0.25) is 5.43 Å². The van der Waals surface area contributed by atoms with Gasteiger partial charge in [0.25, 0.3) is 0 Å². The van der Waals surface area contributed by atoms with Gasteiger partial charge in [0, 0.05) is 56.0 Å². The number of rotatable bonds is 10. The van der Waals surface area contributed by atoms with Gasteiger partial charge in [-0.2, -0.15) is 0 Å². The van der Waals surface area contributed by atoms with Crippen molar-refractivity contribution in [3.05, 3.63) is 59.2 Å². The Morgan fingerprint density at radius 1 is 0.912 bits per heavy atom. The molecule has 0 amide bonds. The molecular weight excluding hydrogens is 470 g/mol. The zero-order chi connectivity index (χ0) is 25.9. The Bertz CT molecular complexity index is 788. The molecule has 0 radical (unpaired) electrons. The molecule has 1 aromatic carbocycles. The molecular formula is C22H30ClN3O8. The summed E-state index contributed by atoms with van der Waals surface area (Å²) in [7, 11) is 2.06. The number of likely N-dealkylation sites (tertiary alicyclic amines) is 1. The average Bonchev–Trinajstić information content (AvgIpc) is 3.27. The van der Waals surface area contributed by atoms with E-state index in [1.54, 1.807) is 0 Å². The normalized spacial score (nSPS) is 13.3. The lowest BCUT2D eigenvalue weighted by atomic mass is 10.2. The van der Waals surface area contributed by atoms with Gasteiger partial charge in [0.05, 0.1) is 0 Å². The van der Waals surface area contributed by atoms with Gasteiger partial charge in [-0.25, -0.2) is 24.2 Å². The highest BCUT2D eigenvalue weighted by molar-refractivity contribution is 6.31. The summed E-state index contributed by atoms with van der Waals surface area (Å²) in [5, 5.41) is 34.2. The van der Waals surface area contributed by atoms with E-state index in [2.05, 4.69) is 28.4 Å². The Morgan fingerprint density at radius 3 is 1.76 bits per heavy atom. The van der Waals surface area contributed by atoms with Crippen LogP contribution in [0.3, 0.4) is 0 Å². The number of carbonyl (C=O) groups is 4. The molecule has 34 heavy (non-hydrogen) atoms. The fourth-order valence-corrected chi connectivity index (χ4v) is 2.82.